The standard InChI is InChI=1S/C28H31Cl2N3O4S/c1-19(2)31-28(35)21(4)32(17-22-8-5-6-11-26(22)30)27(34)18-33(24-10-7-9-23(29)16-24)38(36,37)25-14-12-20(3)13-15-25/h5-16,19,21H,17-18H2,1-4H3,(H,31,35)/t21-/m1/s1. The molecule has 0 bridgehead atoms. The summed E-state index contributed by atoms with van der Waals surface area (Å²) in [5.41, 5.74) is 1.75. The van der Waals surface area contributed by atoms with Gasteiger partial charge >= 0.3 is 0 Å². The Morgan fingerprint density at radius 1 is 0.921 bits per heavy atom. The van der Waals surface area contributed by atoms with Gasteiger partial charge in [0.2, 0.25) is 11.8 Å². The topological polar surface area (TPSA) is 86.8 Å². The molecule has 3 aromatic rings. The summed E-state index contributed by atoms with van der Waals surface area (Å²) in [5.74, 6) is -0.942. The molecule has 7 nitrogen and oxygen atoms in total. The smallest absolute Gasteiger partial charge is 0.264 e. The van der Waals surface area contributed by atoms with E-state index in [-0.39, 0.29) is 29.1 Å². The van der Waals surface area contributed by atoms with E-state index in [9.17, 15) is 18.0 Å². The minimum atomic E-state index is -4.16. The van der Waals surface area contributed by atoms with Crippen LogP contribution in [0.4, 0.5) is 5.69 Å². The van der Waals surface area contributed by atoms with E-state index in [1.54, 1.807) is 61.5 Å². The number of nitrogens with zero attached hydrogens (tertiary/aromatic N) is 2. The van der Waals surface area contributed by atoms with Gasteiger partial charge < -0.3 is 10.2 Å². The molecule has 0 aliphatic carbocycles. The first-order valence-corrected chi connectivity index (χ1v) is 14.3. The zero-order valence-corrected chi connectivity index (χ0v) is 24.0. The van der Waals surface area contributed by atoms with Gasteiger partial charge in [0, 0.05) is 22.6 Å². The van der Waals surface area contributed by atoms with Crippen LogP contribution in [0.15, 0.2) is 77.7 Å². The summed E-state index contributed by atoms with van der Waals surface area (Å²) < 4.78 is 28.6. The van der Waals surface area contributed by atoms with Gasteiger partial charge in [-0.15, -0.1) is 0 Å². The summed E-state index contributed by atoms with van der Waals surface area (Å²) in [6.07, 6.45) is 0. The van der Waals surface area contributed by atoms with Crippen LogP contribution in [0.5, 0.6) is 0 Å². The summed E-state index contributed by atoms with van der Waals surface area (Å²) in [7, 11) is -4.16. The second-order valence-corrected chi connectivity index (χ2v) is 12.0. The number of benzene rings is 3. The van der Waals surface area contributed by atoms with E-state index >= 15 is 0 Å². The van der Waals surface area contributed by atoms with Crippen molar-refractivity contribution in [2.24, 2.45) is 0 Å². The van der Waals surface area contributed by atoms with Crippen LogP contribution in [0.3, 0.4) is 0 Å². The van der Waals surface area contributed by atoms with E-state index in [2.05, 4.69) is 5.32 Å². The first-order chi connectivity index (χ1) is 17.9. The van der Waals surface area contributed by atoms with Gasteiger partial charge in [-0.05, 0) is 69.7 Å². The molecule has 38 heavy (non-hydrogen) atoms. The number of rotatable bonds is 10. The number of anilines is 1. The van der Waals surface area contributed by atoms with Crippen molar-refractivity contribution >= 4 is 50.7 Å². The number of carbonyl (C=O) groups is 2. The van der Waals surface area contributed by atoms with Gasteiger partial charge in [-0.3, -0.25) is 13.9 Å². The first kappa shape index (κ1) is 29.5. The molecule has 0 aromatic heterocycles. The first-order valence-electron chi connectivity index (χ1n) is 12.1. The quantitative estimate of drug-likeness (QED) is 0.348. The summed E-state index contributed by atoms with van der Waals surface area (Å²) >= 11 is 12.6. The van der Waals surface area contributed by atoms with E-state index in [4.69, 9.17) is 23.2 Å². The number of nitrogens with one attached hydrogen (secondary N) is 1. The van der Waals surface area contributed by atoms with Gasteiger partial charge in [-0.1, -0.05) is 65.2 Å². The lowest BCUT2D eigenvalue weighted by Gasteiger charge is -2.32. The molecule has 2 amide bonds. The molecule has 0 saturated heterocycles. The fraction of sp³-hybridized carbons (Fsp3) is 0.286. The number of amides is 2. The largest absolute Gasteiger partial charge is 0.352 e. The van der Waals surface area contributed by atoms with Crippen LogP contribution in [-0.2, 0) is 26.2 Å². The van der Waals surface area contributed by atoms with Gasteiger partial charge in [0.15, 0.2) is 0 Å². The van der Waals surface area contributed by atoms with Crippen LogP contribution < -0.4 is 9.62 Å². The van der Waals surface area contributed by atoms with Crippen LogP contribution in [0, 0.1) is 6.92 Å². The Labute approximate surface area is 234 Å². The lowest BCUT2D eigenvalue weighted by molar-refractivity contribution is -0.139. The van der Waals surface area contributed by atoms with Crippen molar-refractivity contribution < 1.29 is 18.0 Å². The van der Waals surface area contributed by atoms with Crippen molar-refractivity contribution in [3.8, 4) is 0 Å². The maximum atomic E-state index is 13.9. The highest BCUT2D eigenvalue weighted by Crippen LogP contribution is 2.27. The zero-order valence-electron chi connectivity index (χ0n) is 21.7. The molecular weight excluding hydrogens is 545 g/mol. The minimum absolute atomic E-state index is 0.0130. The second kappa shape index (κ2) is 12.7. The van der Waals surface area contributed by atoms with E-state index < -0.39 is 28.5 Å². The van der Waals surface area contributed by atoms with Crippen LogP contribution in [0.1, 0.15) is 31.9 Å². The molecular formula is C28H31Cl2N3O4S. The number of aryl methyl sites for hydroxylation is 1. The summed E-state index contributed by atoms with van der Waals surface area (Å²) in [5, 5.41) is 3.56. The van der Waals surface area contributed by atoms with Crippen molar-refractivity contribution in [1.82, 2.24) is 10.2 Å². The SMILES string of the molecule is Cc1ccc(S(=O)(=O)N(CC(=O)N(Cc2ccccc2Cl)[C@H](C)C(=O)NC(C)C)c2cccc(Cl)c2)cc1. The molecule has 202 valence electrons. The highest BCUT2D eigenvalue weighted by Gasteiger charge is 2.33. The van der Waals surface area contributed by atoms with E-state index in [0.29, 0.717) is 15.6 Å². The van der Waals surface area contributed by atoms with Crippen molar-refractivity contribution in [3.05, 3.63) is 94.0 Å². The third kappa shape index (κ3) is 7.28. The normalized spacial score (nSPS) is 12.2. The Bertz CT molecular complexity index is 1400. The Kier molecular flexibility index (Phi) is 9.82. The van der Waals surface area contributed by atoms with Crippen molar-refractivity contribution in [2.75, 3.05) is 10.8 Å². The number of carbonyl (C=O) groups excluding carboxylic acids is 2. The lowest BCUT2D eigenvalue weighted by atomic mass is 10.1. The molecule has 0 unspecified atom stereocenters. The van der Waals surface area contributed by atoms with Gasteiger partial charge in [0.25, 0.3) is 10.0 Å². The van der Waals surface area contributed by atoms with Crippen molar-refractivity contribution in [2.45, 2.75) is 51.2 Å². The molecule has 1 N–H and O–H groups in total. The summed E-state index contributed by atoms with van der Waals surface area (Å²) in [4.78, 5) is 28.2. The Balaban J connectivity index is 2.04. The van der Waals surface area contributed by atoms with E-state index in [0.717, 1.165) is 9.87 Å². The van der Waals surface area contributed by atoms with Gasteiger partial charge in [-0.2, -0.15) is 0 Å². The minimum Gasteiger partial charge on any atom is -0.352 e. The molecule has 3 aromatic carbocycles. The van der Waals surface area contributed by atoms with Gasteiger partial charge in [0.05, 0.1) is 10.6 Å². The van der Waals surface area contributed by atoms with Crippen molar-refractivity contribution in [1.29, 1.82) is 0 Å². The van der Waals surface area contributed by atoms with E-state index in [1.165, 1.54) is 23.1 Å². The monoisotopic (exact) mass is 575 g/mol. The molecule has 3 rings (SSSR count). The zero-order chi connectivity index (χ0) is 28.0. The summed E-state index contributed by atoms with van der Waals surface area (Å²) in [6.45, 7) is 6.55. The highest BCUT2D eigenvalue weighted by molar-refractivity contribution is 7.92. The molecule has 0 aliphatic rings. The number of sulfonamides is 1. The fourth-order valence-electron chi connectivity index (χ4n) is 3.80. The van der Waals surface area contributed by atoms with Gasteiger partial charge in [0.1, 0.15) is 12.6 Å². The molecule has 0 radical (unpaired) electrons. The number of halogens is 2. The molecule has 0 heterocycles. The predicted octanol–water partition coefficient (Wildman–Crippen LogP) is 5.44. The molecule has 0 saturated carbocycles. The lowest BCUT2D eigenvalue weighted by Crippen LogP contribution is -2.52. The molecule has 0 fully saturated rings. The third-order valence-electron chi connectivity index (χ3n) is 5.88. The third-order valence-corrected chi connectivity index (χ3v) is 8.27. The Morgan fingerprint density at radius 3 is 2.18 bits per heavy atom. The number of hydrogen-bond donors (Lipinski definition) is 1. The van der Waals surface area contributed by atoms with Crippen LogP contribution in [0.25, 0.3) is 0 Å². The highest BCUT2D eigenvalue weighted by atomic mass is 35.5. The average molecular weight is 577 g/mol. The van der Waals surface area contributed by atoms with Crippen molar-refractivity contribution in [3.63, 3.8) is 0 Å². The molecule has 0 spiro atoms. The second-order valence-electron chi connectivity index (χ2n) is 9.26. The van der Waals surface area contributed by atoms with Crippen LogP contribution in [0.2, 0.25) is 10.0 Å². The molecule has 1 atom stereocenters. The Hall–Kier alpha value is -3.07. The Morgan fingerprint density at radius 2 is 1.58 bits per heavy atom. The maximum Gasteiger partial charge on any atom is 0.264 e. The van der Waals surface area contributed by atoms with E-state index in [1.807, 2.05) is 20.8 Å². The van der Waals surface area contributed by atoms with Crippen LogP contribution >= 0.6 is 23.2 Å². The molecule has 10 heteroatoms. The van der Waals surface area contributed by atoms with Gasteiger partial charge in [-0.25, -0.2) is 8.42 Å². The summed E-state index contributed by atoms with van der Waals surface area (Å²) in [6, 6.07) is 18.6. The maximum absolute atomic E-state index is 13.9. The van der Waals surface area contributed by atoms with Crippen LogP contribution in [-0.4, -0.2) is 43.8 Å². The fourth-order valence-corrected chi connectivity index (χ4v) is 5.58. The molecule has 0 aliphatic heterocycles. The predicted molar refractivity (Wildman–Crippen MR) is 152 cm³/mol. The number of hydrogen-bond acceptors (Lipinski definition) is 4. The average Bonchev–Trinajstić information content (AvgIpc) is 2.86.